The minimum atomic E-state index is -0.279. The molecule has 0 saturated heterocycles. The van der Waals surface area contributed by atoms with Crippen molar-refractivity contribution in [2.24, 2.45) is 5.92 Å². The smallest absolute Gasteiger partial charge is 0.251 e. The molecular formula is C22H25FN2O2. The zero-order valence-corrected chi connectivity index (χ0v) is 15.3. The van der Waals surface area contributed by atoms with E-state index >= 15 is 0 Å². The molecule has 1 atom stereocenters. The second-order valence-electron chi connectivity index (χ2n) is 7.01. The van der Waals surface area contributed by atoms with Gasteiger partial charge < -0.3 is 10.6 Å². The molecule has 2 amide bonds. The van der Waals surface area contributed by atoms with Crippen molar-refractivity contribution in [1.82, 2.24) is 10.6 Å². The van der Waals surface area contributed by atoms with Gasteiger partial charge in [0.05, 0.1) is 6.04 Å². The molecule has 0 aromatic heterocycles. The van der Waals surface area contributed by atoms with Gasteiger partial charge in [-0.1, -0.05) is 43.2 Å². The van der Waals surface area contributed by atoms with Crippen LogP contribution in [0.3, 0.4) is 0 Å². The second kappa shape index (κ2) is 9.31. The predicted molar refractivity (Wildman–Crippen MR) is 103 cm³/mol. The molecule has 0 heterocycles. The molecule has 1 aliphatic rings. The molecule has 0 spiro atoms. The Bertz CT molecular complexity index is 756. The van der Waals surface area contributed by atoms with Gasteiger partial charge in [-0.25, -0.2) is 4.39 Å². The van der Waals surface area contributed by atoms with Crippen LogP contribution >= 0.6 is 0 Å². The van der Waals surface area contributed by atoms with E-state index in [1.165, 1.54) is 12.1 Å². The van der Waals surface area contributed by atoms with E-state index in [2.05, 4.69) is 10.6 Å². The molecule has 27 heavy (non-hydrogen) atoms. The number of carbonyl (C=O) groups is 2. The molecule has 2 aromatic carbocycles. The quantitative estimate of drug-likeness (QED) is 0.776. The van der Waals surface area contributed by atoms with Crippen LogP contribution < -0.4 is 10.6 Å². The van der Waals surface area contributed by atoms with E-state index in [4.69, 9.17) is 0 Å². The zero-order chi connectivity index (χ0) is 19.1. The van der Waals surface area contributed by atoms with Crippen LogP contribution in [0.2, 0.25) is 0 Å². The van der Waals surface area contributed by atoms with Crippen LogP contribution in [0.4, 0.5) is 4.39 Å². The Morgan fingerprint density at radius 2 is 1.67 bits per heavy atom. The van der Waals surface area contributed by atoms with Gasteiger partial charge in [0.2, 0.25) is 5.91 Å². The first-order valence-corrected chi connectivity index (χ1v) is 9.51. The van der Waals surface area contributed by atoms with Crippen LogP contribution in [-0.2, 0) is 4.79 Å². The van der Waals surface area contributed by atoms with E-state index in [0.29, 0.717) is 11.5 Å². The van der Waals surface area contributed by atoms with Crippen molar-refractivity contribution in [2.45, 2.75) is 38.1 Å². The molecular weight excluding hydrogens is 343 g/mol. The van der Waals surface area contributed by atoms with Gasteiger partial charge in [-0.3, -0.25) is 9.59 Å². The molecule has 3 rings (SSSR count). The fourth-order valence-corrected chi connectivity index (χ4v) is 3.66. The highest BCUT2D eigenvalue weighted by Gasteiger charge is 2.27. The van der Waals surface area contributed by atoms with E-state index in [9.17, 15) is 14.0 Å². The summed E-state index contributed by atoms with van der Waals surface area (Å²) in [4.78, 5) is 24.5. The molecule has 0 radical (unpaired) electrons. The van der Waals surface area contributed by atoms with Crippen LogP contribution in [0.1, 0.15) is 54.1 Å². The zero-order valence-electron chi connectivity index (χ0n) is 15.3. The highest BCUT2D eigenvalue weighted by atomic mass is 19.1. The summed E-state index contributed by atoms with van der Waals surface area (Å²) in [7, 11) is 0. The number of rotatable bonds is 7. The number of benzene rings is 2. The molecule has 142 valence electrons. The summed E-state index contributed by atoms with van der Waals surface area (Å²) in [6, 6.07) is 15.2. The fourth-order valence-electron chi connectivity index (χ4n) is 3.66. The maximum atomic E-state index is 13.2. The van der Waals surface area contributed by atoms with E-state index in [0.717, 1.165) is 31.2 Å². The number of halogens is 1. The predicted octanol–water partition coefficient (Wildman–Crippen LogP) is 3.99. The Hall–Kier alpha value is -2.69. The van der Waals surface area contributed by atoms with Crippen molar-refractivity contribution in [3.05, 3.63) is 71.5 Å². The Balaban J connectivity index is 1.54. The van der Waals surface area contributed by atoms with Crippen LogP contribution in [0, 0.1) is 11.7 Å². The summed E-state index contributed by atoms with van der Waals surface area (Å²) in [5.41, 5.74) is 1.51. The van der Waals surface area contributed by atoms with E-state index in [1.807, 2.05) is 6.07 Å². The Kier molecular flexibility index (Phi) is 6.58. The van der Waals surface area contributed by atoms with Gasteiger partial charge in [-0.15, -0.1) is 0 Å². The Morgan fingerprint density at radius 1 is 1.00 bits per heavy atom. The number of carbonyl (C=O) groups excluding carboxylic acids is 2. The number of hydrogen-bond acceptors (Lipinski definition) is 2. The molecule has 5 heteroatoms. The third kappa shape index (κ3) is 5.39. The lowest BCUT2D eigenvalue weighted by Gasteiger charge is -2.25. The molecule has 0 bridgehead atoms. The van der Waals surface area contributed by atoms with Crippen molar-refractivity contribution in [3.63, 3.8) is 0 Å². The largest absolute Gasteiger partial charge is 0.352 e. The number of nitrogens with one attached hydrogen (secondary N) is 2. The standard InChI is InChI=1S/C22H25FN2O2/c23-19-12-10-17(11-13-19)21(16-6-4-5-7-16)25-20(26)14-15-24-22(27)18-8-2-1-3-9-18/h1-3,8-13,16,21H,4-7,14-15H2,(H,24,27)(H,25,26)/t21-/m1/s1. The molecule has 1 fully saturated rings. The summed E-state index contributed by atoms with van der Waals surface area (Å²) in [6.45, 7) is 0.278. The average molecular weight is 368 g/mol. The first-order valence-electron chi connectivity index (χ1n) is 9.51. The lowest BCUT2D eigenvalue weighted by Crippen LogP contribution is -2.35. The van der Waals surface area contributed by atoms with Gasteiger partial charge in [0, 0.05) is 18.5 Å². The Morgan fingerprint density at radius 3 is 2.33 bits per heavy atom. The third-order valence-corrected chi connectivity index (χ3v) is 5.09. The molecule has 2 aromatic rings. The first-order chi connectivity index (χ1) is 13.1. The van der Waals surface area contributed by atoms with Gasteiger partial charge in [0.1, 0.15) is 5.82 Å². The summed E-state index contributed by atoms with van der Waals surface area (Å²) >= 11 is 0. The molecule has 1 saturated carbocycles. The lowest BCUT2D eigenvalue weighted by atomic mass is 9.91. The second-order valence-corrected chi connectivity index (χ2v) is 7.01. The van der Waals surface area contributed by atoms with Gasteiger partial charge in [-0.2, -0.15) is 0 Å². The highest BCUT2D eigenvalue weighted by Crippen LogP contribution is 2.35. The SMILES string of the molecule is O=C(CCNC(=O)c1ccccc1)N[C@@H](c1ccc(F)cc1)C1CCCC1. The van der Waals surface area contributed by atoms with Crippen molar-refractivity contribution < 1.29 is 14.0 Å². The van der Waals surface area contributed by atoms with Gasteiger partial charge >= 0.3 is 0 Å². The molecule has 1 aliphatic carbocycles. The lowest BCUT2D eigenvalue weighted by molar-refractivity contribution is -0.122. The minimum Gasteiger partial charge on any atom is -0.352 e. The highest BCUT2D eigenvalue weighted by molar-refractivity contribution is 5.94. The Labute approximate surface area is 159 Å². The summed E-state index contributed by atoms with van der Waals surface area (Å²) in [5, 5.41) is 5.87. The summed E-state index contributed by atoms with van der Waals surface area (Å²) in [6.07, 6.45) is 4.65. The van der Waals surface area contributed by atoms with Gasteiger partial charge in [0.25, 0.3) is 5.91 Å². The molecule has 0 unspecified atom stereocenters. The van der Waals surface area contributed by atoms with E-state index < -0.39 is 0 Å². The maximum absolute atomic E-state index is 13.2. The van der Waals surface area contributed by atoms with Crippen molar-refractivity contribution in [3.8, 4) is 0 Å². The van der Waals surface area contributed by atoms with Gasteiger partial charge in [0.15, 0.2) is 0 Å². The van der Waals surface area contributed by atoms with Crippen LogP contribution in [0.5, 0.6) is 0 Å². The minimum absolute atomic E-state index is 0.106. The number of hydrogen-bond donors (Lipinski definition) is 2. The van der Waals surface area contributed by atoms with E-state index in [-0.39, 0.29) is 36.6 Å². The molecule has 0 aliphatic heterocycles. The molecule has 2 N–H and O–H groups in total. The summed E-state index contributed by atoms with van der Waals surface area (Å²) in [5.74, 6) is -0.198. The van der Waals surface area contributed by atoms with Crippen LogP contribution in [-0.4, -0.2) is 18.4 Å². The van der Waals surface area contributed by atoms with Gasteiger partial charge in [-0.05, 0) is 48.6 Å². The average Bonchev–Trinajstić information content (AvgIpc) is 3.22. The first kappa shape index (κ1) is 19.1. The van der Waals surface area contributed by atoms with Crippen molar-refractivity contribution >= 4 is 11.8 Å². The fraction of sp³-hybridized carbons (Fsp3) is 0.364. The number of amides is 2. The molecule has 4 nitrogen and oxygen atoms in total. The monoisotopic (exact) mass is 368 g/mol. The normalized spacial score (nSPS) is 15.3. The topological polar surface area (TPSA) is 58.2 Å². The van der Waals surface area contributed by atoms with Crippen molar-refractivity contribution in [2.75, 3.05) is 6.54 Å². The van der Waals surface area contributed by atoms with Crippen molar-refractivity contribution in [1.29, 1.82) is 0 Å². The van der Waals surface area contributed by atoms with Crippen LogP contribution in [0.25, 0.3) is 0 Å². The van der Waals surface area contributed by atoms with E-state index in [1.54, 1.807) is 36.4 Å². The van der Waals surface area contributed by atoms with Crippen LogP contribution in [0.15, 0.2) is 54.6 Å². The summed E-state index contributed by atoms with van der Waals surface area (Å²) < 4.78 is 13.2. The third-order valence-electron chi connectivity index (χ3n) is 5.09. The maximum Gasteiger partial charge on any atom is 0.251 e.